The van der Waals surface area contributed by atoms with E-state index in [9.17, 15) is 5.26 Å². The number of hydrogen-bond donors (Lipinski definition) is 1. The van der Waals surface area contributed by atoms with Gasteiger partial charge in [0.2, 0.25) is 0 Å². The van der Waals surface area contributed by atoms with Crippen molar-refractivity contribution in [3.8, 4) is 6.07 Å². The summed E-state index contributed by atoms with van der Waals surface area (Å²) in [4.78, 5) is 16.4. The SMILES string of the molecule is CN(C)C[C@H]1CN(c2ccnc3[nH]c4cnc(C#N)cc4c23)CCO1. The third-order valence-electron chi connectivity index (χ3n) is 4.52. The van der Waals surface area contributed by atoms with Gasteiger partial charge in [0.25, 0.3) is 0 Å². The number of ether oxygens (including phenoxy) is 1. The summed E-state index contributed by atoms with van der Waals surface area (Å²) in [5.74, 6) is 0. The number of fused-ring (bicyclic) bond motifs is 3. The maximum Gasteiger partial charge on any atom is 0.141 e. The van der Waals surface area contributed by atoms with Crippen LogP contribution in [-0.4, -0.2) is 66.3 Å². The molecule has 0 aromatic carbocycles. The molecule has 1 atom stereocenters. The van der Waals surface area contributed by atoms with Crippen LogP contribution in [0.2, 0.25) is 0 Å². The van der Waals surface area contributed by atoms with Crippen LogP contribution in [0.25, 0.3) is 21.9 Å². The van der Waals surface area contributed by atoms with Gasteiger partial charge in [-0.15, -0.1) is 0 Å². The summed E-state index contributed by atoms with van der Waals surface area (Å²) in [5, 5.41) is 11.2. The van der Waals surface area contributed by atoms with Gasteiger partial charge in [-0.1, -0.05) is 0 Å². The Bertz CT molecular complexity index is 957. The van der Waals surface area contributed by atoms with E-state index in [1.807, 2.05) is 18.3 Å². The average molecular weight is 336 g/mol. The molecular formula is C18H20N6O. The highest BCUT2D eigenvalue weighted by atomic mass is 16.5. The average Bonchev–Trinajstić information content (AvgIpc) is 2.99. The van der Waals surface area contributed by atoms with Crippen molar-refractivity contribution in [1.82, 2.24) is 19.9 Å². The molecule has 1 aliphatic rings. The van der Waals surface area contributed by atoms with Gasteiger partial charge in [0.15, 0.2) is 0 Å². The third kappa shape index (κ3) is 2.90. The lowest BCUT2D eigenvalue weighted by molar-refractivity contribution is 0.0248. The molecule has 3 aromatic rings. The molecule has 128 valence electrons. The predicted octanol–water partition coefficient (Wildman–Crippen LogP) is 1.75. The van der Waals surface area contributed by atoms with Gasteiger partial charge < -0.3 is 19.5 Å². The van der Waals surface area contributed by atoms with E-state index in [4.69, 9.17) is 4.74 Å². The highest BCUT2D eigenvalue weighted by Gasteiger charge is 2.23. The van der Waals surface area contributed by atoms with Crippen LogP contribution in [0.5, 0.6) is 0 Å². The number of nitriles is 1. The summed E-state index contributed by atoms with van der Waals surface area (Å²) in [7, 11) is 4.12. The first-order valence-electron chi connectivity index (χ1n) is 8.33. The van der Waals surface area contributed by atoms with Crippen molar-refractivity contribution >= 4 is 27.6 Å². The molecule has 4 rings (SSSR count). The Hall–Kier alpha value is -2.69. The number of pyridine rings is 2. The first-order chi connectivity index (χ1) is 12.2. The molecule has 7 heteroatoms. The summed E-state index contributed by atoms with van der Waals surface area (Å²) in [6.45, 7) is 3.27. The predicted molar refractivity (Wildman–Crippen MR) is 96.6 cm³/mol. The van der Waals surface area contributed by atoms with Crippen molar-refractivity contribution in [2.75, 3.05) is 45.2 Å². The fourth-order valence-corrected chi connectivity index (χ4v) is 3.48. The zero-order chi connectivity index (χ0) is 17.4. The van der Waals surface area contributed by atoms with Crippen LogP contribution in [0.1, 0.15) is 5.69 Å². The van der Waals surface area contributed by atoms with Crippen molar-refractivity contribution in [2.45, 2.75) is 6.10 Å². The Morgan fingerprint density at radius 3 is 3.12 bits per heavy atom. The van der Waals surface area contributed by atoms with Crippen molar-refractivity contribution in [1.29, 1.82) is 5.26 Å². The van der Waals surface area contributed by atoms with E-state index >= 15 is 0 Å². The Kier molecular flexibility index (Phi) is 3.99. The molecule has 0 saturated carbocycles. The molecule has 0 spiro atoms. The second-order valence-electron chi connectivity index (χ2n) is 6.61. The van der Waals surface area contributed by atoms with Crippen molar-refractivity contribution in [3.05, 3.63) is 30.2 Å². The Morgan fingerprint density at radius 1 is 1.44 bits per heavy atom. The lowest BCUT2D eigenvalue weighted by atomic mass is 10.1. The maximum atomic E-state index is 9.17. The van der Waals surface area contributed by atoms with E-state index in [0.29, 0.717) is 12.3 Å². The summed E-state index contributed by atoms with van der Waals surface area (Å²) in [6.07, 6.45) is 3.70. The fraction of sp³-hybridized carbons (Fsp3) is 0.389. The molecule has 0 aliphatic carbocycles. The van der Waals surface area contributed by atoms with Crippen LogP contribution < -0.4 is 4.90 Å². The van der Waals surface area contributed by atoms with Crippen LogP contribution in [0.4, 0.5) is 5.69 Å². The van der Waals surface area contributed by atoms with Gasteiger partial charge in [0, 0.05) is 31.2 Å². The third-order valence-corrected chi connectivity index (χ3v) is 4.52. The minimum absolute atomic E-state index is 0.175. The van der Waals surface area contributed by atoms with E-state index in [1.165, 1.54) is 0 Å². The number of anilines is 1. The number of nitrogens with zero attached hydrogens (tertiary/aromatic N) is 5. The quantitative estimate of drug-likeness (QED) is 0.785. The van der Waals surface area contributed by atoms with Crippen molar-refractivity contribution in [3.63, 3.8) is 0 Å². The molecule has 25 heavy (non-hydrogen) atoms. The first-order valence-corrected chi connectivity index (χ1v) is 8.33. The van der Waals surface area contributed by atoms with Crippen LogP contribution in [0.3, 0.4) is 0 Å². The molecule has 0 bridgehead atoms. The highest BCUT2D eigenvalue weighted by Crippen LogP contribution is 2.33. The number of aromatic amines is 1. The minimum Gasteiger partial charge on any atom is -0.373 e. The van der Waals surface area contributed by atoms with E-state index in [2.05, 4.69) is 44.9 Å². The lowest BCUT2D eigenvalue weighted by Gasteiger charge is -2.36. The highest BCUT2D eigenvalue weighted by molar-refractivity contribution is 6.12. The molecule has 1 fully saturated rings. The molecule has 3 aromatic heterocycles. The number of nitrogens with one attached hydrogen (secondary N) is 1. The molecule has 4 heterocycles. The molecule has 7 nitrogen and oxygen atoms in total. The molecule has 1 saturated heterocycles. The van der Waals surface area contributed by atoms with Crippen LogP contribution in [0.15, 0.2) is 24.5 Å². The molecule has 0 radical (unpaired) electrons. The summed E-state index contributed by atoms with van der Waals surface area (Å²) < 4.78 is 5.90. The number of aromatic nitrogens is 3. The standard InChI is InChI=1S/C18H20N6O/c1-23(2)10-13-11-24(5-6-25-13)16-3-4-20-18-17(16)14-7-12(8-19)21-9-15(14)22-18/h3-4,7,9,13H,5-6,10-11H2,1-2H3,(H,20,22)/t13-/m0/s1. The van der Waals surface area contributed by atoms with Crippen LogP contribution >= 0.6 is 0 Å². The van der Waals surface area contributed by atoms with Crippen LogP contribution in [0, 0.1) is 11.3 Å². The lowest BCUT2D eigenvalue weighted by Crippen LogP contribution is -2.46. The molecule has 0 amide bonds. The van der Waals surface area contributed by atoms with E-state index in [0.717, 1.165) is 47.3 Å². The monoisotopic (exact) mass is 336 g/mol. The van der Waals surface area contributed by atoms with Crippen molar-refractivity contribution in [2.24, 2.45) is 0 Å². The topological polar surface area (TPSA) is 81.1 Å². The van der Waals surface area contributed by atoms with Gasteiger partial charge in [-0.05, 0) is 26.2 Å². The Labute approximate surface area is 145 Å². The Morgan fingerprint density at radius 2 is 2.32 bits per heavy atom. The second-order valence-corrected chi connectivity index (χ2v) is 6.61. The van der Waals surface area contributed by atoms with E-state index in [1.54, 1.807) is 6.20 Å². The largest absolute Gasteiger partial charge is 0.373 e. The summed E-state index contributed by atoms with van der Waals surface area (Å²) >= 11 is 0. The fourth-order valence-electron chi connectivity index (χ4n) is 3.48. The number of hydrogen-bond acceptors (Lipinski definition) is 6. The summed E-state index contributed by atoms with van der Waals surface area (Å²) in [6, 6.07) is 5.99. The number of likely N-dealkylation sites (N-methyl/N-ethyl adjacent to an activating group) is 1. The van der Waals surface area contributed by atoms with Gasteiger partial charge in [-0.25, -0.2) is 9.97 Å². The van der Waals surface area contributed by atoms with Gasteiger partial charge >= 0.3 is 0 Å². The number of morpholine rings is 1. The van der Waals surface area contributed by atoms with Gasteiger partial charge in [0.05, 0.1) is 35.5 Å². The molecule has 0 unspecified atom stereocenters. The Balaban J connectivity index is 1.80. The maximum absolute atomic E-state index is 9.17. The second kappa shape index (κ2) is 6.31. The molecular weight excluding hydrogens is 316 g/mol. The normalized spacial score (nSPS) is 18.2. The summed E-state index contributed by atoms with van der Waals surface area (Å²) in [5.41, 5.74) is 3.25. The zero-order valence-corrected chi connectivity index (χ0v) is 14.4. The van der Waals surface area contributed by atoms with Gasteiger partial charge in [-0.3, -0.25) is 0 Å². The zero-order valence-electron chi connectivity index (χ0n) is 14.4. The van der Waals surface area contributed by atoms with Crippen molar-refractivity contribution < 1.29 is 4.74 Å². The number of H-pyrrole nitrogens is 1. The van der Waals surface area contributed by atoms with E-state index in [-0.39, 0.29) is 6.10 Å². The smallest absolute Gasteiger partial charge is 0.141 e. The van der Waals surface area contributed by atoms with Crippen LogP contribution in [-0.2, 0) is 4.74 Å². The molecule has 1 N–H and O–H groups in total. The minimum atomic E-state index is 0.175. The van der Waals surface area contributed by atoms with Gasteiger partial charge in [0.1, 0.15) is 17.4 Å². The van der Waals surface area contributed by atoms with E-state index < -0.39 is 0 Å². The molecule has 1 aliphatic heterocycles. The van der Waals surface area contributed by atoms with Gasteiger partial charge in [-0.2, -0.15) is 5.26 Å². The number of rotatable bonds is 3. The first kappa shape index (κ1) is 15.8.